The summed E-state index contributed by atoms with van der Waals surface area (Å²) >= 11 is 1.76. The van der Waals surface area contributed by atoms with E-state index in [4.69, 9.17) is 0 Å². The monoisotopic (exact) mass is 207 g/mol. The fourth-order valence-corrected chi connectivity index (χ4v) is 3.01. The van der Waals surface area contributed by atoms with Gasteiger partial charge >= 0.3 is 0 Å². The Kier molecular flexibility index (Phi) is 3.19. The Morgan fingerprint density at radius 1 is 1.43 bits per heavy atom. The summed E-state index contributed by atoms with van der Waals surface area (Å²) in [5.41, 5.74) is 0.726. The Hall–Kier alpha value is -0.830. The number of aldehydes is 1. The van der Waals surface area contributed by atoms with Crippen LogP contribution >= 0.6 is 11.8 Å². The molecule has 0 atom stereocenters. The third-order valence-electron chi connectivity index (χ3n) is 2.51. The summed E-state index contributed by atoms with van der Waals surface area (Å²) in [6, 6.07) is 3.64. The minimum atomic E-state index is 0.670. The van der Waals surface area contributed by atoms with E-state index in [1.807, 2.05) is 12.1 Å². The van der Waals surface area contributed by atoms with E-state index in [1.165, 1.54) is 25.7 Å². The molecule has 1 heterocycles. The molecule has 1 aliphatic carbocycles. The molecule has 0 spiro atoms. The molecule has 0 N–H and O–H groups in total. The molecule has 3 heteroatoms. The molecule has 0 amide bonds. The third-order valence-corrected chi connectivity index (χ3v) is 3.88. The van der Waals surface area contributed by atoms with Crippen LogP contribution in [0.4, 0.5) is 0 Å². The Balaban J connectivity index is 2.10. The van der Waals surface area contributed by atoms with Gasteiger partial charge in [0, 0.05) is 17.0 Å². The van der Waals surface area contributed by atoms with Gasteiger partial charge in [0.2, 0.25) is 0 Å². The van der Waals surface area contributed by atoms with Crippen LogP contribution in [-0.4, -0.2) is 16.5 Å². The fourth-order valence-electron chi connectivity index (χ4n) is 1.76. The van der Waals surface area contributed by atoms with Gasteiger partial charge in [0.1, 0.15) is 5.03 Å². The van der Waals surface area contributed by atoms with Crippen LogP contribution in [0.15, 0.2) is 23.4 Å². The maximum atomic E-state index is 10.7. The standard InChI is InChI=1S/C11H13NOS/c13-8-9-4-3-7-12-11(9)14-10-5-1-2-6-10/h3-4,7-8,10H,1-2,5-6H2. The number of carbonyl (C=O) groups is 1. The van der Waals surface area contributed by atoms with Crippen molar-refractivity contribution in [2.24, 2.45) is 0 Å². The normalized spacial score (nSPS) is 17.1. The number of carbonyl (C=O) groups excluding carboxylic acids is 1. The number of thioether (sulfide) groups is 1. The highest BCUT2D eigenvalue weighted by Gasteiger charge is 2.17. The van der Waals surface area contributed by atoms with Gasteiger partial charge in [-0.25, -0.2) is 4.98 Å². The summed E-state index contributed by atoms with van der Waals surface area (Å²) < 4.78 is 0. The molecule has 2 nitrogen and oxygen atoms in total. The molecular weight excluding hydrogens is 194 g/mol. The van der Waals surface area contributed by atoms with Gasteiger partial charge in [-0.05, 0) is 25.0 Å². The van der Waals surface area contributed by atoms with Gasteiger partial charge in [-0.3, -0.25) is 4.79 Å². The number of hydrogen-bond donors (Lipinski definition) is 0. The summed E-state index contributed by atoms with van der Waals surface area (Å²) in [6.45, 7) is 0. The van der Waals surface area contributed by atoms with Crippen LogP contribution in [0.1, 0.15) is 36.0 Å². The second-order valence-electron chi connectivity index (χ2n) is 3.54. The molecule has 0 aliphatic heterocycles. The number of pyridine rings is 1. The van der Waals surface area contributed by atoms with Gasteiger partial charge in [0.15, 0.2) is 6.29 Å². The topological polar surface area (TPSA) is 30.0 Å². The molecule has 1 aromatic rings. The van der Waals surface area contributed by atoms with Crippen molar-refractivity contribution in [3.05, 3.63) is 23.9 Å². The molecule has 0 aromatic carbocycles. The van der Waals surface area contributed by atoms with E-state index in [1.54, 1.807) is 18.0 Å². The molecular formula is C11H13NOS. The van der Waals surface area contributed by atoms with E-state index >= 15 is 0 Å². The van der Waals surface area contributed by atoms with Crippen LogP contribution < -0.4 is 0 Å². The number of hydrogen-bond acceptors (Lipinski definition) is 3. The second kappa shape index (κ2) is 4.60. The zero-order valence-electron chi connectivity index (χ0n) is 7.98. The maximum Gasteiger partial charge on any atom is 0.152 e. The molecule has 74 valence electrons. The van der Waals surface area contributed by atoms with Crippen molar-refractivity contribution in [3.8, 4) is 0 Å². The van der Waals surface area contributed by atoms with Gasteiger partial charge in [0.25, 0.3) is 0 Å². The van der Waals surface area contributed by atoms with E-state index in [9.17, 15) is 4.79 Å². The van der Waals surface area contributed by atoms with Gasteiger partial charge in [0.05, 0.1) is 0 Å². The molecule has 1 aromatic heterocycles. The van der Waals surface area contributed by atoms with Gasteiger partial charge in [-0.2, -0.15) is 0 Å². The van der Waals surface area contributed by atoms with E-state index < -0.39 is 0 Å². The first-order valence-electron chi connectivity index (χ1n) is 4.97. The SMILES string of the molecule is O=Cc1cccnc1SC1CCCC1. The molecule has 0 saturated heterocycles. The first-order valence-corrected chi connectivity index (χ1v) is 5.85. The highest BCUT2D eigenvalue weighted by molar-refractivity contribution is 7.99. The van der Waals surface area contributed by atoms with E-state index in [2.05, 4.69) is 4.98 Å². The van der Waals surface area contributed by atoms with Crippen molar-refractivity contribution in [1.29, 1.82) is 0 Å². The summed E-state index contributed by atoms with van der Waals surface area (Å²) in [5.74, 6) is 0. The molecule has 1 fully saturated rings. The van der Waals surface area contributed by atoms with Crippen LogP contribution in [0.3, 0.4) is 0 Å². The molecule has 1 aliphatic rings. The van der Waals surface area contributed by atoms with Crippen LogP contribution in [0.2, 0.25) is 0 Å². The zero-order valence-corrected chi connectivity index (χ0v) is 8.80. The molecule has 0 bridgehead atoms. The lowest BCUT2D eigenvalue weighted by Crippen LogP contribution is -1.97. The van der Waals surface area contributed by atoms with Crippen LogP contribution in [0.5, 0.6) is 0 Å². The number of aromatic nitrogens is 1. The minimum absolute atomic E-state index is 0.670. The van der Waals surface area contributed by atoms with Crippen molar-refractivity contribution in [3.63, 3.8) is 0 Å². The lowest BCUT2D eigenvalue weighted by Gasteiger charge is -2.08. The van der Waals surface area contributed by atoms with E-state index in [0.29, 0.717) is 5.25 Å². The fraction of sp³-hybridized carbons (Fsp3) is 0.455. The molecule has 0 radical (unpaired) electrons. The maximum absolute atomic E-state index is 10.7. The van der Waals surface area contributed by atoms with Gasteiger partial charge in [-0.1, -0.05) is 12.8 Å². The van der Waals surface area contributed by atoms with Crippen molar-refractivity contribution in [2.75, 3.05) is 0 Å². The van der Waals surface area contributed by atoms with E-state index in [-0.39, 0.29) is 0 Å². The Morgan fingerprint density at radius 3 is 2.93 bits per heavy atom. The van der Waals surface area contributed by atoms with Gasteiger partial charge < -0.3 is 0 Å². The molecule has 1 saturated carbocycles. The predicted octanol–water partition coefficient (Wildman–Crippen LogP) is 2.93. The van der Waals surface area contributed by atoms with Crippen molar-refractivity contribution < 1.29 is 4.79 Å². The molecule has 14 heavy (non-hydrogen) atoms. The largest absolute Gasteiger partial charge is 0.298 e. The quantitative estimate of drug-likeness (QED) is 0.714. The highest BCUT2D eigenvalue weighted by atomic mass is 32.2. The second-order valence-corrected chi connectivity index (χ2v) is 4.83. The molecule has 0 unspecified atom stereocenters. The first kappa shape index (κ1) is 9.71. The highest BCUT2D eigenvalue weighted by Crippen LogP contribution is 2.34. The van der Waals surface area contributed by atoms with Crippen LogP contribution in [0.25, 0.3) is 0 Å². The summed E-state index contributed by atoms with van der Waals surface area (Å²) in [5, 5.41) is 1.57. The van der Waals surface area contributed by atoms with Crippen molar-refractivity contribution in [1.82, 2.24) is 4.98 Å². The van der Waals surface area contributed by atoms with Crippen molar-refractivity contribution in [2.45, 2.75) is 36.0 Å². The predicted molar refractivity (Wildman–Crippen MR) is 57.7 cm³/mol. The average Bonchev–Trinajstić information content (AvgIpc) is 2.71. The summed E-state index contributed by atoms with van der Waals surface area (Å²) in [4.78, 5) is 15.0. The van der Waals surface area contributed by atoms with Crippen LogP contribution in [-0.2, 0) is 0 Å². The zero-order chi connectivity index (χ0) is 9.80. The Morgan fingerprint density at radius 2 is 2.21 bits per heavy atom. The smallest absolute Gasteiger partial charge is 0.152 e. The summed E-state index contributed by atoms with van der Waals surface area (Å²) in [7, 11) is 0. The van der Waals surface area contributed by atoms with Gasteiger partial charge in [-0.15, -0.1) is 11.8 Å². The minimum Gasteiger partial charge on any atom is -0.298 e. The first-order chi connectivity index (χ1) is 6.90. The number of rotatable bonds is 3. The lowest BCUT2D eigenvalue weighted by atomic mass is 10.3. The lowest BCUT2D eigenvalue weighted by molar-refractivity contribution is 0.112. The average molecular weight is 207 g/mol. The van der Waals surface area contributed by atoms with Crippen LogP contribution in [0, 0.1) is 0 Å². The van der Waals surface area contributed by atoms with Crippen molar-refractivity contribution >= 4 is 18.0 Å². The molecule has 2 rings (SSSR count). The Labute approximate surface area is 88.1 Å². The van der Waals surface area contributed by atoms with E-state index in [0.717, 1.165) is 16.9 Å². The number of nitrogens with zero attached hydrogens (tertiary/aromatic N) is 1. The third kappa shape index (κ3) is 2.15. The summed E-state index contributed by atoms with van der Waals surface area (Å²) in [6.07, 6.45) is 7.81. The Bertz CT molecular complexity index is 321.